The van der Waals surface area contributed by atoms with E-state index < -0.39 is 0 Å². The van der Waals surface area contributed by atoms with Crippen LogP contribution in [-0.2, 0) is 13.2 Å². The predicted molar refractivity (Wildman–Crippen MR) is 90.5 cm³/mol. The quantitative estimate of drug-likeness (QED) is 0.659. The van der Waals surface area contributed by atoms with E-state index in [1.165, 1.54) is 10.4 Å². The number of fused-ring (bicyclic) bond motifs is 1. The van der Waals surface area contributed by atoms with Crippen molar-refractivity contribution < 1.29 is 9.67 Å². The highest BCUT2D eigenvalue weighted by molar-refractivity contribution is 7.17. The highest BCUT2D eigenvalue weighted by Crippen LogP contribution is 2.16. The summed E-state index contributed by atoms with van der Waals surface area (Å²) in [6.07, 6.45) is 15.1. The molecular formula is C17H25N2OS+. The number of hydrogen-bond acceptors (Lipinski definition) is 2. The first-order valence-corrected chi connectivity index (χ1v) is 8.04. The van der Waals surface area contributed by atoms with E-state index in [4.69, 9.17) is 5.11 Å². The lowest BCUT2D eigenvalue weighted by molar-refractivity contribution is -0.692. The highest BCUT2D eigenvalue weighted by atomic mass is 32.1. The largest absolute Gasteiger partial charge is 0.391 e. The molecule has 0 fully saturated rings. The summed E-state index contributed by atoms with van der Waals surface area (Å²) in [5.74, 6) is 0. The molecule has 0 aliphatic carbocycles. The molecule has 0 bridgehead atoms. The summed E-state index contributed by atoms with van der Waals surface area (Å²) in [6, 6.07) is 0. The SMILES string of the molecule is C=C/C=C(\C=C/C)CC.CC[n+]1cc2sc(CO)cn2c1. The second-order valence-electron chi connectivity index (χ2n) is 4.51. The number of rotatable bonds is 5. The van der Waals surface area contributed by atoms with Crippen molar-refractivity contribution in [3.8, 4) is 0 Å². The zero-order chi connectivity index (χ0) is 15.7. The molecule has 0 saturated carbocycles. The van der Waals surface area contributed by atoms with E-state index in [0.717, 1.165) is 17.8 Å². The first-order valence-electron chi connectivity index (χ1n) is 7.23. The van der Waals surface area contributed by atoms with Crippen LogP contribution in [0.15, 0.2) is 55.2 Å². The van der Waals surface area contributed by atoms with Crippen LogP contribution < -0.4 is 4.57 Å². The van der Waals surface area contributed by atoms with E-state index in [1.54, 1.807) is 11.3 Å². The Morgan fingerprint density at radius 3 is 2.71 bits per heavy atom. The van der Waals surface area contributed by atoms with E-state index in [1.807, 2.05) is 42.1 Å². The smallest absolute Gasteiger partial charge is 0.249 e. The van der Waals surface area contributed by atoms with Crippen molar-refractivity contribution in [2.45, 2.75) is 40.3 Å². The minimum absolute atomic E-state index is 0.137. The molecule has 0 aliphatic rings. The summed E-state index contributed by atoms with van der Waals surface area (Å²) in [5, 5.41) is 8.87. The maximum Gasteiger partial charge on any atom is 0.249 e. The van der Waals surface area contributed by atoms with Crippen LogP contribution in [0.25, 0.3) is 4.83 Å². The normalized spacial score (nSPS) is 11.7. The lowest BCUT2D eigenvalue weighted by Crippen LogP contribution is -2.28. The zero-order valence-corrected chi connectivity index (χ0v) is 13.9. The molecule has 0 amide bonds. The topological polar surface area (TPSA) is 28.5 Å². The van der Waals surface area contributed by atoms with Gasteiger partial charge in [0.05, 0.1) is 18.0 Å². The van der Waals surface area contributed by atoms with Crippen molar-refractivity contribution in [3.63, 3.8) is 0 Å². The van der Waals surface area contributed by atoms with Gasteiger partial charge in [0, 0.05) is 0 Å². The van der Waals surface area contributed by atoms with Crippen LogP contribution in [0.1, 0.15) is 32.1 Å². The summed E-state index contributed by atoms with van der Waals surface area (Å²) < 4.78 is 4.16. The van der Waals surface area contributed by atoms with E-state index >= 15 is 0 Å². The van der Waals surface area contributed by atoms with Gasteiger partial charge in [-0.05, 0) is 25.8 Å². The second-order valence-corrected chi connectivity index (χ2v) is 5.65. The number of aliphatic hydroxyl groups excluding tert-OH is 1. The van der Waals surface area contributed by atoms with Crippen LogP contribution in [0.2, 0.25) is 0 Å². The number of imidazole rings is 1. The Bertz CT molecular complexity index is 555. The fourth-order valence-corrected chi connectivity index (χ4v) is 2.75. The monoisotopic (exact) mass is 305 g/mol. The van der Waals surface area contributed by atoms with Crippen molar-refractivity contribution in [1.82, 2.24) is 4.40 Å². The number of allylic oxidation sites excluding steroid dienone is 5. The average molecular weight is 305 g/mol. The molecule has 0 aliphatic heterocycles. The number of thiazole rings is 1. The summed E-state index contributed by atoms with van der Waals surface area (Å²) in [7, 11) is 0. The van der Waals surface area contributed by atoms with Crippen molar-refractivity contribution in [2.24, 2.45) is 0 Å². The molecule has 2 aromatic heterocycles. The van der Waals surface area contributed by atoms with Crippen LogP contribution >= 0.6 is 11.3 Å². The first kappa shape index (κ1) is 17.4. The predicted octanol–water partition coefficient (Wildman–Crippen LogP) is 3.89. The minimum Gasteiger partial charge on any atom is -0.391 e. The zero-order valence-electron chi connectivity index (χ0n) is 13.1. The van der Waals surface area contributed by atoms with Gasteiger partial charge < -0.3 is 5.11 Å². The van der Waals surface area contributed by atoms with E-state index in [-0.39, 0.29) is 6.61 Å². The Morgan fingerprint density at radius 2 is 2.24 bits per heavy atom. The van der Waals surface area contributed by atoms with Gasteiger partial charge in [0.25, 0.3) is 0 Å². The Labute approximate surface area is 131 Å². The lowest BCUT2D eigenvalue weighted by Gasteiger charge is -1.90. The van der Waals surface area contributed by atoms with Gasteiger partial charge in [-0.15, -0.1) is 0 Å². The van der Waals surface area contributed by atoms with Gasteiger partial charge in [-0.2, -0.15) is 4.40 Å². The van der Waals surface area contributed by atoms with Crippen molar-refractivity contribution in [3.05, 3.63) is 60.1 Å². The van der Waals surface area contributed by atoms with Gasteiger partial charge >= 0.3 is 0 Å². The molecule has 0 aromatic carbocycles. The van der Waals surface area contributed by atoms with Crippen molar-refractivity contribution >= 4 is 16.2 Å². The summed E-state index contributed by atoms with van der Waals surface area (Å²) in [6.45, 7) is 11.0. The third kappa shape index (κ3) is 5.33. The molecule has 0 spiro atoms. The van der Waals surface area contributed by atoms with Crippen molar-refractivity contribution in [2.75, 3.05) is 0 Å². The highest BCUT2D eigenvalue weighted by Gasteiger charge is 2.09. The van der Waals surface area contributed by atoms with Crippen LogP contribution in [0.3, 0.4) is 0 Å². The molecule has 0 saturated heterocycles. The van der Waals surface area contributed by atoms with Crippen LogP contribution in [0, 0.1) is 0 Å². The molecule has 0 atom stereocenters. The summed E-state index contributed by atoms with van der Waals surface area (Å²) in [5.41, 5.74) is 1.33. The molecule has 2 aromatic rings. The fourth-order valence-electron chi connectivity index (χ4n) is 1.85. The summed E-state index contributed by atoms with van der Waals surface area (Å²) in [4.78, 5) is 2.19. The third-order valence-corrected chi connectivity index (χ3v) is 3.99. The van der Waals surface area contributed by atoms with Gasteiger partial charge in [0.1, 0.15) is 12.4 Å². The molecule has 114 valence electrons. The number of nitrogens with zero attached hydrogens (tertiary/aromatic N) is 2. The number of aliphatic hydroxyl groups is 1. The van der Waals surface area contributed by atoms with E-state index in [9.17, 15) is 0 Å². The molecule has 3 nitrogen and oxygen atoms in total. The fraction of sp³-hybridized carbons (Fsp3) is 0.353. The van der Waals surface area contributed by atoms with Gasteiger partial charge in [-0.1, -0.05) is 49.1 Å². The van der Waals surface area contributed by atoms with Crippen molar-refractivity contribution in [1.29, 1.82) is 0 Å². The molecular weight excluding hydrogens is 280 g/mol. The van der Waals surface area contributed by atoms with Crippen LogP contribution in [0.5, 0.6) is 0 Å². The van der Waals surface area contributed by atoms with Crippen LogP contribution in [-0.4, -0.2) is 9.51 Å². The van der Waals surface area contributed by atoms with Gasteiger partial charge in [-0.25, -0.2) is 4.57 Å². The van der Waals surface area contributed by atoms with Gasteiger partial charge in [0.2, 0.25) is 11.2 Å². The number of hydrogen-bond donors (Lipinski definition) is 1. The maximum absolute atomic E-state index is 8.87. The maximum atomic E-state index is 8.87. The Morgan fingerprint density at radius 1 is 1.48 bits per heavy atom. The third-order valence-electron chi connectivity index (χ3n) is 2.96. The molecule has 0 radical (unpaired) electrons. The number of aromatic nitrogens is 2. The first-order chi connectivity index (χ1) is 10.2. The average Bonchev–Trinajstić information content (AvgIpc) is 3.05. The summed E-state index contributed by atoms with van der Waals surface area (Å²) >= 11 is 1.63. The molecule has 2 heterocycles. The molecule has 1 N–H and O–H groups in total. The molecule has 0 unspecified atom stereocenters. The van der Waals surface area contributed by atoms with Gasteiger partial charge in [0.15, 0.2) is 0 Å². The molecule has 4 heteroatoms. The Hall–Kier alpha value is -1.65. The second kappa shape index (κ2) is 9.32. The Kier molecular flexibility index (Phi) is 7.72. The lowest BCUT2D eigenvalue weighted by atomic mass is 10.2. The number of aryl methyl sites for hydroxylation is 1. The van der Waals surface area contributed by atoms with Crippen LogP contribution in [0.4, 0.5) is 0 Å². The Balaban J connectivity index is 0.000000222. The van der Waals surface area contributed by atoms with E-state index in [0.29, 0.717) is 0 Å². The van der Waals surface area contributed by atoms with E-state index in [2.05, 4.69) is 37.3 Å². The van der Waals surface area contributed by atoms with Gasteiger partial charge in [-0.3, -0.25) is 0 Å². The standard InChI is InChI=1S/C9H14.C8H11N2OS/c1-4-7-9(6-3)8-5-2;1-2-9-4-8-10(6-9)3-7(5-11)12-8/h4-5,7-8H,1,6H2,2-3H3;3-4,6,11H,2,5H2,1H3/q;+1/b8-5-,9-7-;. The minimum atomic E-state index is 0.137. The molecule has 21 heavy (non-hydrogen) atoms. The molecule has 2 rings (SSSR count).